The van der Waals surface area contributed by atoms with Crippen LogP contribution in [0.4, 0.5) is 4.39 Å². The van der Waals surface area contributed by atoms with Gasteiger partial charge in [0.2, 0.25) is 11.8 Å². The fraction of sp³-hybridized carbons (Fsp3) is 0.278. The van der Waals surface area contributed by atoms with Gasteiger partial charge in [-0.25, -0.2) is 14.0 Å². The Kier molecular flexibility index (Phi) is 4.61. The maximum atomic E-state index is 14.6. The zero-order chi connectivity index (χ0) is 19.9. The number of ether oxygens (including phenoxy) is 2. The Morgan fingerprint density at radius 2 is 1.93 bits per heavy atom. The number of halogens is 1. The number of nitrogens with zero attached hydrogens (tertiary/aromatic N) is 2. The second-order valence-electron chi connectivity index (χ2n) is 5.98. The van der Waals surface area contributed by atoms with Crippen molar-refractivity contribution in [1.29, 1.82) is 0 Å². The van der Waals surface area contributed by atoms with E-state index in [0.717, 1.165) is 9.13 Å². The topological polar surface area (TPSA) is 106 Å². The van der Waals surface area contributed by atoms with Crippen LogP contribution in [0.2, 0.25) is 0 Å². The highest BCUT2D eigenvalue weighted by atomic mass is 19.1. The van der Waals surface area contributed by atoms with Crippen molar-refractivity contribution in [3.8, 4) is 5.88 Å². The number of rotatable bonds is 3. The van der Waals surface area contributed by atoms with E-state index in [1.807, 2.05) is 0 Å². The highest BCUT2D eigenvalue weighted by Gasteiger charge is 2.40. The number of carbonyl (C=O) groups is 1. The fourth-order valence-electron chi connectivity index (χ4n) is 3.12. The number of fused-ring (bicyclic) bond motifs is 1. The van der Waals surface area contributed by atoms with E-state index in [9.17, 15) is 18.8 Å². The molecular formula is C18H18FN3O5. The summed E-state index contributed by atoms with van der Waals surface area (Å²) in [5, 5.41) is 0. The average Bonchev–Trinajstić information content (AvgIpc) is 2.64. The smallest absolute Gasteiger partial charge is 0.340 e. The number of esters is 1. The Morgan fingerprint density at radius 3 is 2.56 bits per heavy atom. The van der Waals surface area contributed by atoms with Crippen LogP contribution in [-0.2, 0) is 23.6 Å². The predicted molar refractivity (Wildman–Crippen MR) is 93.6 cm³/mol. The van der Waals surface area contributed by atoms with Crippen molar-refractivity contribution in [2.45, 2.75) is 12.8 Å². The molecule has 1 aromatic heterocycles. The first kappa shape index (κ1) is 18.4. The van der Waals surface area contributed by atoms with Gasteiger partial charge in [-0.15, -0.1) is 0 Å². The molecule has 0 unspecified atom stereocenters. The summed E-state index contributed by atoms with van der Waals surface area (Å²) in [6.07, 6.45) is 0. The van der Waals surface area contributed by atoms with Crippen molar-refractivity contribution in [1.82, 2.24) is 9.13 Å². The molecule has 0 radical (unpaired) electrons. The van der Waals surface area contributed by atoms with Crippen molar-refractivity contribution < 1.29 is 18.7 Å². The summed E-state index contributed by atoms with van der Waals surface area (Å²) in [5.74, 6) is -3.13. The zero-order valence-electron chi connectivity index (χ0n) is 15.0. The van der Waals surface area contributed by atoms with Gasteiger partial charge in [-0.2, -0.15) is 0 Å². The second-order valence-corrected chi connectivity index (χ2v) is 5.98. The number of aromatic nitrogens is 2. The summed E-state index contributed by atoms with van der Waals surface area (Å²) >= 11 is 0. The van der Waals surface area contributed by atoms with Gasteiger partial charge in [-0.1, -0.05) is 18.2 Å². The van der Waals surface area contributed by atoms with Crippen LogP contribution in [0.15, 0.2) is 45.3 Å². The van der Waals surface area contributed by atoms with E-state index in [0.29, 0.717) is 0 Å². The summed E-state index contributed by atoms with van der Waals surface area (Å²) in [5.41, 5.74) is 4.36. The van der Waals surface area contributed by atoms with Gasteiger partial charge in [0.1, 0.15) is 11.4 Å². The molecule has 1 aliphatic heterocycles. The maximum Gasteiger partial charge on any atom is 0.340 e. The number of hydrogen-bond donors (Lipinski definition) is 1. The van der Waals surface area contributed by atoms with E-state index >= 15 is 0 Å². The van der Waals surface area contributed by atoms with E-state index in [-0.39, 0.29) is 35.1 Å². The zero-order valence-corrected chi connectivity index (χ0v) is 15.0. The Labute approximate surface area is 153 Å². The Morgan fingerprint density at radius 1 is 1.26 bits per heavy atom. The van der Waals surface area contributed by atoms with Gasteiger partial charge < -0.3 is 15.2 Å². The van der Waals surface area contributed by atoms with Gasteiger partial charge in [0.15, 0.2) is 0 Å². The molecule has 0 aliphatic carbocycles. The molecule has 0 bridgehead atoms. The van der Waals surface area contributed by atoms with Gasteiger partial charge in [0.05, 0.1) is 18.1 Å². The predicted octanol–water partition coefficient (Wildman–Crippen LogP) is 0.481. The van der Waals surface area contributed by atoms with Crippen LogP contribution in [0.3, 0.4) is 0 Å². The Hall–Kier alpha value is -3.36. The first-order chi connectivity index (χ1) is 12.8. The highest BCUT2D eigenvalue weighted by Crippen LogP contribution is 2.40. The molecule has 0 saturated carbocycles. The van der Waals surface area contributed by atoms with Gasteiger partial charge in [-0.05, 0) is 13.0 Å². The fourth-order valence-corrected chi connectivity index (χ4v) is 3.12. The summed E-state index contributed by atoms with van der Waals surface area (Å²) in [4.78, 5) is 37.6. The lowest BCUT2D eigenvalue weighted by Crippen LogP contribution is -2.43. The molecule has 1 atom stereocenters. The highest BCUT2D eigenvalue weighted by molar-refractivity contribution is 5.92. The molecule has 0 saturated heterocycles. The number of hydrogen-bond acceptors (Lipinski definition) is 6. The van der Waals surface area contributed by atoms with Crippen LogP contribution in [0.1, 0.15) is 24.0 Å². The molecule has 142 valence electrons. The number of carbonyl (C=O) groups excluding carboxylic acids is 1. The van der Waals surface area contributed by atoms with Crippen LogP contribution < -0.4 is 21.7 Å². The Balaban J connectivity index is 2.42. The number of nitrogens with two attached hydrogens (primary N) is 1. The van der Waals surface area contributed by atoms with Crippen LogP contribution in [0.5, 0.6) is 5.88 Å². The van der Waals surface area contributed by atoms with Crippen molar-refractivity contribution >= 4 is 5.97 Å². The summed E-state index contributed by atoms with van der Waals surface area (Å²) in [6.45, 7) is 1.66. The van der Waals surface area contributed by atoms with Gasteiger partial charge in [0, 0.05) is 19.7 Å². The lowest BCUT2D eigenvalue weighted by atomic mass is 9.84. The molecule has 0 fully saturated rings. The summed E-state index contributed by atoms with van der Waals surface area (Å²) in [6, 6.07) is 5.69. The van der Waals surface area contributed by atoms with E-state index < -0.39 is 29.0 Å². The summed E-state index contributed by atoms with van der Waals surface area (Å²) in [7, 11) is 2.68. The molecule has 2 N–H and O–H groups in total. The monoisotopic (exact) mass is 375 g/mol. The van der Waals surface area contributed by atoms with Gasteiger partial charge >= 0.3 is 11.7 Å². The molecule has 0 spiro atoms. The molecular weight excluding hydrogens is 357 g/mol. The summed E-state index contributed by atoms with van der Waals surface area (Å²) < 4.78 is 27.0. The van der Waals surface area contributed by atoms with Crippen molar-refractivity contribution in [3.63, 3.8) is 0 Å². The first-order valence-electron chi connectivity index (χ1n) is 8.18. The second kappa shape index (κ2) is 6.75. The third-order valence-corrected chi connectivity index (χ3v) is 4.40. The normalized spacial score (nSPS) is 15.9. The molecule has 2 heterocycles. The molecule has 9 heteroatoms. The molecule has 27 heavy (non-hydrogen) atoms. The lowest BCUT2D eigenvalue weighted by molar-refractivity contribution is -0.139. The van der Waals surface area contributed by atoms with Crippen LogP contribution in [-0.4, -0.2) is 21.7 Å². The van der Waals surface area contributed by atoms with Gasteiger partial charge in [-0.3, -0.25) is 13.9 Å². The van der Waals surface area contributed by atoms with E-state index in [1.165, 1.54) is 32.3 Å². The molecule has 0 amide bonds. The van der Waals surface area contributed by atoms with Crippen molar-refractivity contribution in [3.05, 3.63) is 73.5 Å². The van der Waals surface area contributed by atoms with E-state index in [4.69, 9.17) is 15.2 Å². The van der Waals surface area contributed by atoms with Gasteiger partial charge in [0.25, 0.3) is 5.56 Å². The average molecular weight is 375 g/mol. The van der Waals surface area contributed by atoms with Crippen molar-refractivity contribution in [2.24, 2.45) is 19.8 Å². The van der Waals surface area contributed by atoms with Crippen LogP contribution in [0, 0.1) is 5.82 Å². The van der Waals surface area contributed by atoms with Crippen LogP contribution >= 0.6 is 0 Å². The molecule has 2 aromatic rings. The standard InChI is InChI=1S/C18H18FN3O5/c1-4-26-17(24)12-11(9-7-5-6-8-10(9)19)13-15(23)21(2)18(25)22(3)16(13)27-14(12)20/h5-8,11H,4,20H2,1-3H3/t11-/m0/s1. The quantitative estimate of drug-likeness (QED) is 0.783. The minimum Gasteiger partial charge on any atom is -0.462 e. The van der Waals surface area contributed by atoms with E-state index in [2.05, 4.69) is 0 Å². The third kappa shape index (κ3) is 2.80. The third-order valence-electron chi connectivity index (χ3n) is 4.40. The van der Waals surface area contributed by atoms with Crippen molar-refractivity contribution in [2.75, 3.05) is 6.61 Å². The lowest BCUT2D eigenvalue weighted by Gasteiger charge is -2.29. The molecule has 1 aliphatic rings. The maximum absolute atomic E-state index is 14.6. The molecule has 1 aromatic carbocycles. The largest absolute Gasteiger partial charge is 0.462 e. The SMILES string of the molecule is CCOC(=O)C1=C(N)Oc2c(c(=O)n(C)c(=O)n2C)[C@H]1c1ccccc1F. The molecule has 3 rings (SSSR count). The first-order valence-corrected chi connectivity index (χ1v) is 8.18. The Bertz CT molecular complexity index is 1080. The van der Waals surface area contributed by atoms with E-state index in [1.54, 1.807) is 13.0 Å². The minimum atomic E-state index is -1.18. The van der Waals surface area contributed by atoms with Crippen LogP contribution in [0.25, 0.3) is 0 Å². The minimum absolute atomic E-state index is 0.0452. The number of benzene rings is 1. The molecule has 8 nitrogen and oxygen atoms in total.